The Morgan fingerprint density at radius 2 is 2.12 bits per heavy atom. The van der Waals surface area contributed by atoms with Crippen LogP contribution in [0.2, 0.25) is 0 Å². The minimum absolute atomic E-state index is 0.327. The molecule has 2 aromatic rings. The predicted octanol–water partition coefficient (Wildman–Crippen LogP) is 3.87. The van der Waals surface area contributed by atoms with Crippen LogP contribution in [-0.2, 0) is 6.61 Å². The van der Waals surface area contributed by atoms with Gasteiger partial charge in [0.1, 0.15) is 18.2 Å². The Balaban J connectivity index is 2.07. The number of hydrogen-bond donors (Lipinski definition) is 0. The lowest BCUT2D eigenvalue weighted by atomic mass is 10.3. The smallest absolute Gasteiger partial charge is 0.130 e. The molecule has 0 fully saturated rings. The zero-order valence-corrected chi connectivity index (χ0v) is 10.9. The van der Waals surface area contributed by atoms with Crippen LogP contribution in [-0.4, -0.2) is 4.98 Å². The molecule has 2 nitrogen and oxygen atoms in total. The van der Waals surface area contributed by atoms with Gasteiger partial charge in [-0.25, -0.2) is 4.39 Å². The van der Waals surface area contributed by atoms with Crippen molar-refractivity contribution >= 4 is 15.9 Å². The van der Waals surface area contributed by atoms with E-state index in [4.69, 9.17) is 4.74 Å². The molecule has 0 bridgehead atoms. The van der Waals surface area contributed by atoms with E-state index >= 15 is 0 Å². The molecule has 0 N–H and O–H groups in total. The quantitative estimate of drug-likeness (QED) is 0.857. The highest BCUT2D eigenvalue weighted by molar-refractivity contribution is 9.10. The number of rotatable bonds is 3. The summed E-state index contributed by atoms with van der Waals surface area (Å²) in [6.45, 7) is 2.25. The molecule has 0 radical (unpaired) electrons. The van der Waals surface area contributed by atoms with E-state index in [9.17, 15) is 4.39 Å². The number of pyridine rings is 1. The number of aromatic nitrogens is 1. The van der Waals surface area contributed by atoms with Crippen LogP contribution >= 0.6 is 15.9 Å². The van der Waals surface area contributed by atoms with Crippen molar-refractivity contribution in [3.8, 4) is 5.75 Å². The van der Waals surface area contributed by atoms with Crippen LogP contribution in [0.25, 0.3) is 0 Å². The predicted molar refractivity (Wildman–Crippen MR) is 67.4 cm³/mol. The number of halogens is 2. The van der Waals surface area contributed by atoms with E-state index in [1.165, 1.54) is 12.1 Å². The van der Waals surface area contributed by atoms with Crippen molar-refractivity contribution in [2.24, 2.45) is 0 Å². The van der Waals surface area contributed by atoms with Gasteiger partial charge < -0.3 is 4.74 Å². The van der Waals surface area contributed by atoms with Gasteiger partial charge in [0, 0.05) is 16.2 Å². The number of nitrogens with zero attached hydrogens (tertiary/aromatic N) is 1. The largest absolute Gasteiger partial charge is 0.487 e. The molecule has 2 rings (SSSR count). The highest BCUT2D eigenvalue weighted by Crippen LogP contribution is 2.21. The van der Waals surface area contributed by atoms with Crippen molar-refractivity contribution in [3.63, 3.8) is 0 Å². The average Bonchev–Trinajstić information content (AvgIpc) is 2.25. The zero-order valence-electron chi connectivity index (χ0n) is 9.28. The maximum Gasteiger partial charge on any atom is 0.130 e. The Kier molecular flexibility index (Phi) is 3.74. The maximum absolute atomic E-state index is 13.1. The Labute approximate surface area is 108 Å². The van der Waals surface area contributed by atoms with Crippen LogP contribution < -0.4 is 4.74 Å². The van der Waals surface area contributed by atoms with Crippen molar-refractivity contribution < 1.29 is 9.13 Å². The van der Waals surface area contributed by atoms with Gasteiger partial charge in [-0.15, -0.1) is 0 Å². The molecule has 1 aromatic carbocycles. The van der Waals surface area contributed by atoms with Gasteiger partial charge in [0.2, 0.25) is 0 Å². The summed E-state index contributed by atoms with van der Waals surface area (Å²) in [5, 5.41) is 0. The SMILES string of the molecule is Cc1cccc(COc2cc(F)cc(Br)c2)n1. The fraction of sp³-hybridized carbons (Fsp3) is 0.154. The van der Waals surface area contributed by atoms with Gasteiger partial charge in [-0.2, -0.15) is 0 Å². The zero-order chi connectivity index (χ0) is 12.3. The molecule has 1 heterocycles. The van der Waals surface area contributed by atoms with Crippen LogP contribution in [0.5, 0.6) is 5.75 Å². The first-order valence-corrected chi connectivity index (χ1v) is 5.94. The third-order valence-electron chi connectivity index (χ3n) is 2.17. The Hall–Kier alpha value is -1.42. The molecule has 0 aliphatic heterocycles. The summed E-state index contributed by atoms with van der Waals surface area (Å²) in [7, 11) is 0. The lowest BCUT2D eigenvalue weighted by Gasteiger charge is -2.06. The van der Waals surface area contributed by atoms with E-state index < -0.39 is 0 Å². The molecule has 0 saturated carbocycles. The first-order valence-electron chi connectivity index (χ1n) is 5.15. The second kappa shape index (κ2) is 5.27. The third-order valence-corrected chi connectivity index (χ3v) is 2.63. The summed E-state index contributed by atoms with van der Waals surface area (Å²) in [4.78, 5) is 4.30. The Morgan fingerprint density at radius 3 is 2.82 bits per heavy atom. The minimum Gasteiger partial charge on any atom is -0.487 e. The van der Waals surface area contributed by atoms with Crippen molar-refractivity contribution in [3.05, 3.63) is 58.1 Å². The number of aryl methyl sites for hydroxylation is 1. The molecule has 0 saturated heterocycles. The molecular formula is C13H11BrFNO. The van der Waals surface area contributed by atoms with E-state index in [1.54, 1.807) is 6.07 Å². The summed E-state index contributed by atoms with van der Waals surface area (Å²) in [5.41, 5.74) is 1.76. The monoisotopic (exact) mass is 295 g/mol. The summed E-state index contributed by atoms with van der Waals surface area (Å²) in [6, 6.07) is 10.2. The minimum atomic E-state index is -0.327. The lowest BCUT2D eigenvalue weighted by molar-refractivity contribution is 0.299. The van der Waals surface area contributed by atoms with E-state index in [0.29, 0.717) is 16.8 Å². The van der Waals surface area contributed by atoms with Crippen LogP contribution in [0, 0.1) is 12.7 Å². The van der Waals surface area contributed by atoms with Gasteiger partial charge in [0.15, 0.2) is 0 Å². The molecule has 0 atom stereocenters. The fourth-order valence-electron chi connectivity index (χ4n) is 1.45. The molecule has 0 aliphatic carbocycles. The maximum atomic E-state index is 13.1. The van der Waals surface area contributed by atoms with Crippen molar-refractivity contribution in [2.45, 2.75) is 13.5 Å². The van der Waals surface area contributed by atoms with Crippen LogP contribution in [0.15, 0.2) is 40.9 Å². The van der Waals surface area contributed by atoms with Crippen LogP contribution in [0.1, 0.15) is 11.4 Å². The van der Waals surface area contributed by atoms with E-state index in [2.05, 4.69) is 20.9 Å². The number of ether oxygens (including phenoxy) is 1. The second-order valence-corrected chi connectivity index (χ2v) is 4.58. The first-order chi connectivity index (χ1) is 8.13. The standard InChI is InChI=1S/C13H11BrFNO/c1-9-3-2-4-12(16-9)8-17-13-6-10(14)5-11(15)7-13/h2-7H,8H2,1H3. The van der Waals surface area contributed by atoms with Gasteiger partial charge >= 0.3 is 0 Å². The number of hydrogen-bond acceptors (Lipinski definition) is 2. The van der Waals surface area contributed by atoms with Gasteiger partial charge in [-0.3, -0.25) is 4.98 Å². The second-order valence-electron chi connectivity index (χ2n) is 3.66. The topological polar surface area (TPSA) is 22.1 Å². The molecule has 0 unspecified atom stereocenters. The van der Waals surface area contributed by atoms with E-state index in [0.717, 1.165) is 11.4 Å². The van der Waals surface area contributed by atoms with Gasteiger partial charge in [-0.1, -0.05) is 22.0 Å². The molecule has 1 aromatic heterocycles. The molecule has 0 aliphatic rings. The van der Waals surface area contributed by atoms with Crippen LogP contribution in [0.3, 0.4) is 0 Å². The number of benzene rings is 1. The van der Waals surface area contributed by atoms with Gasteiger partial charge in [0.25, 0.3) is 0 Å². The van der Waals surface area contributed by atoms with E-state index in [1.807, 2.05) is 25.1 Å². The third kappa shape index (κ3) is 3.53. The molecule has 0 spiro atoms. The Bertz CT molecular complexity index is 510. The Morgan fingerprint density at radius 1 is 1.29 bits per heavy atom. The van der Waals surface area contributed by atoms with E-state index in [-0.39, 0.29) is 5.82 Å². The van der Waals surface area contributed by atoms with Crippen LogP contribution in [0.4, 0.5) is 4.39 Å². The van der Waals surface area contributed by atoms with Gasteiger partial charge in [0.05, 0.1) is 5.69 Å². The highest BCUT2D eigenvalue weighted by Gasteiger charge is 2.01. The average molecular weight is 296 g/mol. The summed E-state index contributed by atoms with van der Waals surface area (Å²) in [6.07, 6.45) is 0. The van der Waals surface area contributed by atoms with Crippen molar-refractivity contribution in [1.82, 2.24) is 4.98 Å². The normalized spacial score (nSPS) is 10.3. The summed E-state index contributed by atoms with van der Waals surface area (Å²) >= 11 is 3.22. The highest BCUT2D eigenvalue weighted by atomic mass is 79.9. The van der Waals surface area contributed by atoms with Crippen molar-refractivity contribution in [2.75, 3.05) is 0 Å². The summed E-state index contributed by atoms with van der Waals surface area (Å²) < 4.78 is 19.2. The first kappa shape index (κ1) is 12.0. The summed E-state index contributed by atoms with van der Waals surface area (Å²) in [5.74, 6) is 0.159. The molecule has 88 valence electrons. The molecular weight excluding hydrogens is 285 g/mol. The van der Waals surface area contributed by atoms with Crippen molar-refractivity contribution in [1.29, 1.82) is 0 Å². The molecule has 4 heteroatoms. The molecule has 0 amide bonds. The van der Waals surface area contributed by atoms with Gasteiger partial charge in [-0.05, 0) is 31.2 Å². The lowest BCUT2D eigenvalue weighted by Crippen LogP contribution is -1.99. The molecule has 17 heavy (non-hydrogen) atoms. The fourth-order valence-corrected chi connectivity index (χ4v) is 1.89.